The van der Waals surface area contributed by atoms with Crippen molar-refractivity contribution in [2.45, 2.75) is 33.1 Å². The molecule has 0 saturated carbocycles. The first kappa shape index (κ1) is 18.7. The first-order valence-corrected chi connectivity index (χ1v) is 9.20. The van der Waals surface area contributed by atoms with Crippen molar-refractivity contribution >= 4 is 0 Å². The summed E-state index contributed by atoms with van der Waals surface area (Å²) in [6, 6.07) is 12.8. The van der Waals surface area contributed by atoms with Gasteiger partial charge in [-0.15, -0.1) is 0 Å². The van der Waals surface area contributed by atoms with Crippen molar-refractivity contribution in [3.8, 4) is 11.5 Å². The fraction of sp³-hybridized carbons (Fsp3) is 0.429. The summed E-state index contributed by atoms with van der Waals surface area (Å²) in [5.41, 5.74) is 1.57. The molecule has 0 aliphatic carbocycles. The van der Waals surface area contributed by atoms with E-state index < -0.39 is 0 Å². The average Bonchev–Trinajstić information content (AvgIpc) is 2.63. The van der Waals surface area contributed by atoms with Gasteiger partial charge in [0.2, 0.25) is 0 Å². The van der Waals surface area contributed by atoms with Gasteiger partial charge in [-0.25, -0.2) is 4.39 Å². The Bertz CT molecular complexity index is 698. The van der Waals surface area contributed by atoms with Gasteiger partial charge in [-0.05, 0) is 49.7 Å². The first-order valence-electron chi connectivity index (χ1n) is 9.20. The topological polar surface area (TPSA) is 33.7 Å². The SMILES string of the molecule is CC(C)Oc1ccc(OCc2ccc(CN3CCNCC3)cc2F)cc1. The van der Waals surface area contributed by atoms with Gasteiger partial charge in [0.15, 0.2) is 0 Å². The predicted octanol–water partition coefficient (Wildman–Crippen LogP) is 3.60. The van der Waals surface area contributed by atoms with Crippen LogP contribution in [0.25, 0.3) is 0 Å². The average molecular weight is 358 g/mol. The zero-order valence-electron chi connectivity index (χ0n) is 15.5. The van der Waals surface area contributed by atoms with E-state index in [4.69, 9.17) is 9.47 Å². The third-order valence-electron chi connectivity index (χ3n) is 4.32. The lowest BCUT2D eigenvalue weighted by molar-refractivity contribution is 0.233. The molecule has 0 spiro atoms. The summed E-state index contributed by atoms with van der Waals surface area (Å²) in [5.74, 6) is 1.29. The van der Waals surface area contributed by atoms with Gasteiger partial charge in [0.1, 0.15) is 23.9 Å². The van der Waals surface area contributed by atoms with Gasteiger partial charge in [-0.3, -0.25) is 4.90 Å². The quantitative estimate of drug-likeness (QED) is 0.820. The van der Waals surface area contributed by atoms with Crippen LogP contribution < -0.4 is 14.8 Å². The summed E-state index contributed by atoms with van der Waals surface area (Å²) in [6.07, 6.45) is 0.135. The minimum absolute atomic E-state index is 0.135. The molecule has 0 aromatic heterocycles. The first-order chi connectivity index (χ1) is 12.6. The number of hydrogen-bond donors (Lipinski definition) is 1. The smallest absolute Gasteiger partial charge is 0.130 e. The fourth-order valence-corrected chi connectivity index (χ4v) is 2.98. The summed E-state index contributed by atoms with van der Waals surface area (Å²) in [5, 5.41) is 3.33. The van der Waals surface area contributed by atoms with Crippen LogP contribution in [0.5, 0.6) is 11.5 Å². The third-order valence-corrected chi connectivity index (χ3v) is 4.32. The van der Waals surface area contributed by atoms with E-state index in [9.17, 15) is 4.39 Å². The van der Waals surface area contributed by atoms with Gasteiger partial charge in [0.05, 0.1) is 6.10 Å². The minimum Gasteiger partial charge on any atom is -0.491 e. The Balaban J connectivity index is 1.54. The predicted molar refractivity (Wildman–Crippen MR) is 101 cm³/mol. The molecule has 0 amide bonds. The standard InChI is InChI=1S/C21H27FN2O2/c1-16(2)26-20-7-5-19(6-8-20)25-15-18-4-3-17(13-21(18)22)14-24-11-9-23-10-12-24/h3-8,13,16,23H,9-12,14-15H2,1-2H3. The molecule has 26 heavy (non-hydrogen) atoms. The summed E-state index contributed by atoms with van der Waals surface area (Å²) >= 11 is 0. The molecule has 2 aromatic rings. The molecular formula is C21H27FN2O2. The molecule has 0 unspecified atom stereocenters. The largest absolute Gasteiger partial charge is 0.491 e. The van der Waals surface area contributed by atoms with Crippen LogP contribution in [0.2, 0.25) is 0 Å². The van der Waals surface area contributed by atoms with Crippen LogP contribution >= 0.6 is 0 Å². The highest BCUT2D eigenvalue weighted by Crippen LogP contribution is 2.20. The molecular weight excluding hydrogens is 331 g/mol. The van der Waals surface area contributed by atoms with E-state index in [2.05, 4.69) is 10.2 Å². The maximum Gasteiger partial charge on any atom is 0.130 e. The Morgan fingerprint density at radius 2 is 1.73 bits per heavy atom. The van der Waals surface area contributed by atoms with Crippen LogP contribution in [0.1, 0.15) is 25.0 Å². The van der Waals surface area contributed by atoms with Crippen molar-refractivity contribution in [1.82, 2.24) is 10.2 Å². The molecule has 5 heteroatoms. The number of ether oxygens (including phenoxy) is 2. The molecule has 1 saturated heterocycles. The van der Waals surface area contributed by atoms with E-state index in [1.54, 1.807) is 6.07 Å². The summed E-state index contributed by atoms with van der Waals surface area (Å²) in [4.78, 5) is 2.34. The van der Waals surface area contributed by atoms with Gasteiger partial charge >= 0.3 is 0 Å². The lowest BCUT2D eigenvalue weighted by atomic mass is 10.1. The number of halogens is 1. The van der Waals surface area contributed by atoms with Crippen molar-refractivity contribution in [2.75, 3.05) is 26.2 Å². The molecule has 1 N–H and O–H groups in total. The molecule has 140 valence electrons. The Hall–Kier alpha value is -2.11. The Morgan fingerprint density at radius 3 is 2.38 bits per heavy atom. The van der Waals surface area contributed by atoms with Gasteiger partial charge in [0, 0.05) is 38.3 Å². The third kappa shape index (κ3) is 5.44. The van der Waals surface area contributed by atoms with Crippen LogP contribution in [0, 0.1) is 5.82 Å². The number of rotatable bonds is 7. The van der Waals surface area contributed by atoms with E-state index in [1.165, 1.54) is 0 Å². The molecule has 3 rings (SSSR count). The highest BCUT2D eigenvalue weighted by atomic mass is 19.1. The van der Waals surface area contributed by atoms with E-state index in [0.29, 0.717) is 11.3 Å². The molecule has 0 atom stereocenters. The van der Waals surface area contributed by atoms with Crippen LogP contribution in [-0.2, 0) is 13.2 Å². The Kier molecular flexibility index (Phi) is 6.47. The highest BCUT2D eigenvalue weighted by Gasteiger charge is 2.11. The summed E-state index contributed by atoms with van der Waals surface area (Å²) in [7, 11) is 0. The second kappa shape index (κ2) is 9.01. The van der Waals surface area contributed by atoms with Gasteiger partial charge in [-0.1, -0.05) is 12.1 Å². The molecule has 0 radical (unpaired) electrons. The normalized spacial score (nSPS) is 15.2. The molecule has 0 bridgehead atoms. The second-order valence-corrected chi connectivity index (χ2v) is 6.88. The van der Waals surface area contributed by atoms with Crippen LogP contribution in [0.15, 0.2) is 42.5 Å². The van der Waals surface area contributed by atoms with Crippen molar-refractivity contribution in [2.24, 2.45) is 0 Å². The lowest BCUT2D eigenvalue weighted by Gasteiger charge is -2.27. The Labute approximate surface area is 154 Å². The Morgan fingerprint density at radius 1 is 1.04 bits per heavy atom. The highest BCUT2D eigenvalue weighted by molar-refractivity contribution is 5.32. The summed E-state index contributed by atoms with van der Waals surface area (Å²) < 4.78 is 25.7. The van der Waals surface area contributed by atoms with Crippen molar-refractivity contribution < 1.29 is 13.9 Å². The van der Waals surface area contributed by atoms with Crippen molar-refractivity contribution in [1.29, 1.82) is 0 Å². The minimum atomic E-state index is -0.211. The van der Waals surface area contributed by atoms with Crippen LogP contribution in [0.3, 0.4) is 0 Å². The molecule has 1 aliphatic heterocycles. The van der Waals surface area contributed by atoms with E-state index in [0.717, 1.165) is 44.0 Å². The molecule has 1 heterocycles. The van der Waals surface area contributed by atoms with Crippen molar-refractivity contribution in [3.63, 3.8) is 0 Å². The zero-order chi connectivity index (χ0) is 18.4. The second-order valence-electron chi connectivity index (χ2n) is 6.88. The van der Waals surface area contributed by atoms with E-state index in [1.807, 2.05) is 50.2 Å². The maximum absolute atomic E-state index is 14.4. The maximum atomic E-state index is 14.4. The van der Waals surface area contributed by atoms with Crippen LogP contribution in [0.4, 0.5) is 4.39 Å². The molecule has 1 aliphatic rings. The number of benzene rings is 2. The number of nitrogens with zero attached hydrogens (tertiary/aromatic N) is 1. The van der Waals surface area contributed by atoms with Gasteiger partial charge in [0.25, 0.3) is 0 Å². The number of piperazine rings is 1. The number of nitrogens with one attached hydrogen (secondary N) is 1. The molecule has 4 nitrogen and oxygen atoms in total. The van der Waals surface area contributed by atoms with Crippen molar-refractivity contribution in [3.05, 3.63) is 59.4 Å². The number of hydrogen-bond acceptors (Lipinski definition) is 4. The molecule has 2 aromatic carbocycles. The van der Waals surface area contributed by atoms with Gasteiger partial charge < -0.3 is 14.8 Å². The zero-order valence-corrected chi connectivity index (χ0v) is 15.5. The molecule has 1 fully saturated rings. The van der Waals surface area contributed by atoms with Crippen LogP contribution in [-0.4, -0.2) is 37.2 Å². The lowest BCUT2D eigenvalue weighted by Crippen LogP contribution is -2.42. The summed E-state index contributed by atoms with van der Waals surface area (Å²) in [6.45, 7) is 8.97. The monoisotopic (exact) mass is 358 g/mol. The van der Waals surface area contributed by atoms with E-state index >= 15 is 0 Å². The van der Waals surface area contributed by atoms with Gasteiger partial charge in [-0.2, -0.15) is 0 Å². The fourth-order valence-electron chi connectivity index (χ4n) is 2.98. The van der Waals surface area contributed by atoms with E-state index in [-0.39, 0.29) is 18.5 Å².